The Kier molecular flexibility index (Phi) is 4.78. The first-order valence-electron chi connectivity index (χ1n) is 9.77. The molecule has 0 radical (unpaired) electrons. The van der Waals surface area contributed by atoms with Crippen LogP contribution in [0.4, 0.5) is 0 Å². The highest BCUT2D eigenvalue weighted by Crippen LogP contribution is 2.41. The predicted molar refractivity (Wildman–Crippen MR) is 107 cm³/mol. The number of halogens is 1. The monoisotopic (exact) mass is 400 g/mol. The van der Waals surface area contributed by atoms with Crippen molar-refractivity contribution < 1.29 is 9.59 Å². The van der Waals surface area contributed by atoms with Crippen LogP contribution in [0.1, 0.15) is 56.8 Å². The summed E-state index contributed by atoms with van der Waals surface area (Å²) >= 11 is 6.48. The normalized spacial score (nSPS) is 22.1. The van der Waals surface area contributed by atoms with E-state index in [9.17, 15) is 9.59 Å². The topological polar surface area (TPSA) is 90.9 Å². The highest BCUT2D eigenvalue weighted by atomic mass is 35.5. The van der Waals surface area contributed by atoms with E-state index in [2.05, 4.69) is 23.9 Å². The summed E-state index contributed by atoms with van der Waals surface area (Å²) in [6.45, 7) is 5.30. The van der Waals surface area contributed by atoms with Crippen LogP contribution in [0.25, 0.3) is 11.1 Å². The number of ketones is 1. The van der Waals surface area contributed by atoms with Crippen molar-refractivity contribution in [2.24, 2.45) is 17.1 Å². The number of amides is 1. The summed E-state index contributed by atoms with van der Waals surface area (Å²) in [6.07, 6.45) is 6.88. The molecule has 4 rings (SSSR count). The summed E-state index contributed by atoms with van der Waals surface area (Å²) < 4.78 is 2.02. The number of carbonyl (C=O) groups is 2. The number of aromatic nitrogens is 3. The summed E-state index contributed by atoms with van der Waals surface area (Å²) in [6, 6.07) is 1.86. The van der Waals surface area contributed by atoms with Crippen molar-refractivity contribution in [3.8, 4) is 11.1 Å². The molecule has 2 atom stereocenters. The van der Waals surface area contributed by atoms with Crippen LogP contribution in [-0.4, -0.2) is 26.5 Å². The SMILES string of the molecule is CC1(C)Cc2c(-c3cc(C(C(N)=O)C4CCCC(=O)C4)ncc3Cl)cnn2C1. The van der Waals surface area contributed by atoms with Gasteiger partial charge in [-0.15, -0.1) is 0 Å². The van der Waals surface area contributed by atoms with Crippen LogP contribution < -0.4 is 5.73 Å². The van der Waals surface area contributed by atoms with Crippen LogP contribution in [0.3, 0.4) is 0 Å². The fourth-order valence-electron chi connectivity index (χ4n) is 4.67. The molecule has 2 aromatic rings. The van der Waals surface area contributed by atoms with Gasteiger partial charge in [-0.1, -0.05) is 25.4 Å². The maximum atomic E-state index is 12.3. The van der Waals surface area contributed by atoms with Crippen LogP contribution in [0.15, 0.2) is 18.5 Å². The summed E-state index contributed by atoms with van der Waals surface area (Å²) in [7, 11) is 0. The fourth-order valence-corrected chi connectivity index (χ4v) is 4.87. The van der Waals surface area contributed by atoms with E-state index in [1.807, 2.05) is 16.9 Å². The number of primary amides is 1. The maximum Gasteiger partial charge on any atom is 0.226 e. The summed E-state index contributed by atoms with van der Waals surface area (Å²) in [4.78, 5) is 28.6. The number of fused-ring (bicyclic) bond motifs is 1. The third-order valence-corrected chi connectivity index (χ3v) is 6.26. The average molecular weight is 401 g/mol. The molecule has 0 saturated heterocycles. The number of nitrogens with two attached hydrogens (primary N) is 1. The molecule has 6 nitrogen and oxygen atoms in total. The minimum atomic E-state index is -0.583. The number of nitrogens with zero attached hydrogens (tertiary/aromatic N) is 3. The lowest BCUT2D eigenvalue weighted by atomic mass is 9.77. The van der Waals surface area contributed by atoms with Crippen molar-refractivity contribution in [2.45, 2.75) is 58.4 Å². The first-order chi connectivity index (χ1) is 13.2. The Bertz CT molecular complexity index is 950. The Hall–Kier alpha value is -2.21. The molecule has 7 heteroatoms. The minimum absolute atomic E-state index is 0.0999. The van der Waals surface area contributed by atoms with Crippen molar-refractivity contribution in [2.75, 3.05) is 0 Å². The van der Waals surface area contributed by atoms with Gasteiger partial charge in [-0.3, -0.25) is 19.3 Å². The van der Waals surface area contributed by atoms with E-state index < -0.39 is 11.8 Å². The maximum absolute atomic E-state index is 12.3. The Balaban J connectivity index is 1.73. The number of hydrogen-bond acceptors (Lipinski definition) is 4. The number of Topliss-reactive ketones (excluding diaryl/α,β-unsaturated/α-hetero) is 1. The third-order valence-electron chi connectivity index (χ3n) is 5.96. The number of rotatable bonds is 4. The molecular formula is C21H25ClN4O2. The molecule has 0 bridgehead atoms. The fraction of sp³-hybridized carbons (Fsp3) is 0.524. The number of hydrogen-bond donors (Lipinski definition) is 1. The van der Waals surface area contributed by atoms with Gasteiger partial charge in [-0.25, -0.2) is 0 Å². The molecule has 1 aliphatic heterocycles. The van der Waals surface area contributed by atoms with Gasteiger partial charge in [-0.2, -0.15) is 5.10 Å². The highest BCUT2D eigenvalue weighted by molar-refractivity contribution is 6.33. The molecule has 2 aliphatic rings. The molecule has 1 saturated carbocycles. The number of pyridine rings is 1. The van der Waals surface area contributed by atoms with E-state index in [4.69, 9.17) is 17.3 Å². The molecule has 3 heterocycles. The second-order valence-corrected chi connectivity index (χ2v) is 9.27. The zero-order chi connectivity index (χ0) is 20.1. The van der Waals surface area contributed by atoms with E-state index in [1.165, 1.54) is 0 Å². The predicted octanol–water partition coefficient (Wildman–Crippen LogP) is 3.51. The molecule has 148 valence electrons. The second kappa shape index (κ2) is 6.99. The van der Waals surface area contributed by atoms with Crippen molar-refractivity contribution in [1.29, 1.82) is 0 Å². The van der Waals surface area contributed by atoms with Gasteiger partial charge >= 0.3 is 0 Å². The summed E-state index contributed by atoms with van der Waals surface area (Å²) in [5.74, 6) is -0.937. The van der Waals surface area contributed by atoms with Crippen molar-refractivity contribution >= 4 is 23.3 Å². The molecular weight excluding hydrogens is 376 g/mol. The smallest absolute Gasteiger partial charge is 0.226 e. The Labute approximate surface area is 169 Å². The van der Waals surface area contributed by atoms with Gasteiger partial charge in [0.2, 0.25) is 5.91 Å². The molecule has 2 N–H and O–H groups in total. The zero-order valence-electron chi connectivity index (χ0n) is 16.2. The Morgan fingerprint density at radius 1 is 1.36 bits per heavy atom. The first kappa shape index (κ1) is 19.1. The van der Waals surface area contributed by atoms with Gasteiger partial charge in [0.25, 0.3) is 0 Å². The van der Waals surface area contributed by atoms with Gasteiger partial charge in [-0.05, 0) is 36.7 Å². The molecule has 2 aromatic heterocycles. The highest BCUT2D eigenvalue weighted by Gasteiger charge is 2.35. The van der Waals surface area contributed by atoms with E-state index in [0.717, 1.165) is 42.6 Å². The van der Waals surface area contributed by atoms with Gasteiger partial charge in [0.1, 0.15) is 5.78 Å². The van der Waals surface area contributed by atoms with E-state index in [1.54, 1.807) is 6.20 Å². The molecule has 1 amide bonds. The van der Waals surface area contributed by atoms with Crippen LogP contribution in [0, 0.1) is 11.3 Å². The van der Waals surface area contributed by atoms with E-state index in [-0.39, 0.29) is 17.1 Å². The van der Waals surface area contributed by atoms with Crippen LogP contribution in [-0.2, 0) is 22.6 Å². The molecule has 0 aromatic carbocycles. The zero-order valence-corrected chi connectivity index (χ0v) is 17.0. The lowest BCUT2D eigenvalue weighted by molar-refractivity contribution is -0.124. The average Bonchev–Trinajstić information content (AvgIpc) is 3.11. The minimum Gasteiger partial charge on any atom is -0.369 e. The summed E-state index contributed by atoms with van der Waals surface area (Å²) in [5, 5.41) is 5.04. The lowest BCUT2D eigenvalue weighted by Gasteiger charge is -2.27. The first-order valence-corrected chi connectivity index (χ1v) is 10.1. The van der Waals surface area contributed by atoms with Crippen LogP contribution in [0.2, 0.25) is 5.02 Å². The lowest BCUT2D eigenvalue weighted by Crippen LogP contribution is -2.32. The molecule has 1 fully saturated rings. The Morgan fingerprint density at radius 3 is 2.86 bits per heavy atom. The molecule has 0 spiro atoms. The third kappa shape index (κ3) is 3.46. The van der Waals surface area contributed by atoms with Crippen LogP contribution in [0.5, 0.6) is 0 Å². The van der Waals surface area contributed by atoms with E-state index >= 15 is 0 Å². The molecule has 28 heavy (non-hydrogen) atoms. The quantitative estimate of drug-likeness (QED) is 0.850. The van der Waals surface area contributed by atoms with Crippen LogP contribution >= 0.6 is 11.6 Å². The van der Waals surface area contributed by atoms with Crippen molar-refractivity contribution in [3.05, 3.63) is 34.9 Å². The Morgan fingerprint density at radius 2 is 2.14 bits per heavy atom. The largest absolute Gasteiger partial charge is 0.369 e. The van der Waals surface area contributed by atoms with Crippen molar-refractivity contribution in [1.82, 2.24) is 14.8 Å². The van der Waals surface area contributed by atoms with E-state index in [0.29, 0.717) is 23.6 Å². The number of carbonyl (C=O) groups excluding carboxylic acids is 2. The second-order valence-electron chi connectivity index (χ2n) is 8.87. The van der Waals surface area contributed by atoms with Gasteiger partial charge < -0.3 is 5.73 Å². The standard InChI is InChI=1S/C21H25ClN4O2/c1-21(2)8-18-15(9-25-26(18)11-21)14-7-17(24-10-16(14)22)19(20(23)28)12-4-3-5-13(27)6-12/h7,9-10,12,19H,3-6,8,11H2,1-2H3,(H2,23,28). The van der Waals surface area contributed by atoms with Gasteiger partial charge in [0.15, 0.2) is 0 Å². The van der Waals surface area contributed by atoms with Crippen molar-refractivity contribution in [3.63, 3.8) is 0 Å². The molecule has 1 aliphatic carbocycles. The summed E-state index contributed by atoms with van der Waals surface area (Å²) in [5.41, 5.74) is 9.42. The molecule has 2 unspecified atom stereocenters. The van der Waals surface area contributed by atoms with Gasteiger partial charge in [0.05, 0.1) is 22.8 Å². The van der Waals surface area contributed by atoms with Gasteiger partial charge in [0, 0.05) is 42.4 Å².